The number of rotatable bonds is 6. The largest absolute Gasteiger partial charge is 0.459 e. The molecule has 1 aliphatic heterocycles. The van der Waals surface area contributed by atoms with Gasteiger partial charge in [0.2, 0.25) is 0 Å². The van der Waals surface area contributed by atoms with E-state index in [1.165, 1.54) is 6.26 Å². The van der Waals surface area contributed by atoms with Gasteiger partial charge >= 0.3 is 0 Å². The van der Waals surface area contributed by atoms with E-state index in [-0.39, 0.29) is 23.7 Å². The molecule has 0 unspecified atom stereocenters. The summed E-state index contributed by atoms with van der Waals surface area (Å²) in [6, 6.07) is 10.2. The minimum absolute atomic E-state index is 0.0629. The smallest absolute Gasteiger partial charge is 0.291 e. The highest BCUT2D eigenvalue weighted by atomic mass is 16.5. The summed E-state index contributed by atoms with van der Waals surface area (Å²) >= 11 is 0. The number of ether oxygens (including phenoxy) is 1. The number of nitrogens with one attached hydrogen (secondary N) is 1. The van der Waals surface area contributed by atoms with Crippen LogP contribution in [0.2, 0.25) is 0 Å². The molecule has 0 aliphatic carbocycles. The molecule has 2 heterocycles. The molecule has 1 N–H and O–H groups in total. The zero-order chi connectivity index (χ0) is 17.6. The quantitative estimate of drug-likeness (QED) is 0.875. The van der Waals surface area contributed by atoms with Crippen LogP contribution in [-0.2, 0) is 4.74 Å². The first kappa shape index (κ1) is 17.2. The zero-order valence-electron chi connectivity index (χ0n) is 14.2. The summed E-state index contributed by atoms with van der Waals surface area (Å²) in [5.74, 6) is -0.182. The lowest BCUT2D eigenvalue weighted by Gasteiger charge is -2.24. The highest BCUT2D eigenvalue weighted by Gasteiger charge is 2.22. The fraction of sp³-hybridized carbons (Fsp3) is 0.368. The summed E-state index contributed by atoms with van der Waals surface area (Å²) in [7, 11) is 0. The standard InChI is InChI=1S/C19H22N2O4/c1-2-21(13-16-8-4-10-24-16)19(23)14-6-3-7-15(12-14)20-18(22)17-9-5-11-25-17/h3,5-7,9,11-12,16H,2,4,8,10,13H2,1H3,(H,20,22)/t16-/m0/s1. The number of carbonyl (C=O) groups excluding carboxylic acids is 2. The first-order valence-electron chi connectivity index (χ1n) is 8.53. The Balaban J connectivity index is 1.68. The summed E-state index contributed by atoms with van der Waals surface area (Å²) in [5, 5.41) is 2.74. The van der Waals surface area contributed by atoms with Gasteiger partial charge in [-0.1, -0.05) is 6.07 Å². The molecule has 2 aromatic rings. The molecule has 132 valence electrons. The van der Waals surface area contributed by atoms with Gasteiger partial charge in [0.1, 0.15) is 0 Å². The second-order valence-corrected chi connectivity index (χ2v) is 5.99. The molecule has 6 nitrogen and oxygen atoms in total. The number of amides is 2. The van der Waals surface area contributed by atoms with Crippen molar-refractivity contribution in [3.8, 4) is 0 Å². The summed E-state index contributed by atoms with van der Waals surface area (Å²) in [4.78, 5) is 26.6. The van der Waals surface area contributed by atoms with E-state index in [1.807, 2.05) is 6.92 Å². The van der Waals surface area contributed by atoms with E-state index in [0.717, 1.165) is 19.4 Å². The Morgan fingerprint density at radius 3 is 2.84 bits per heavy atom. The topological polar surface area (TPSA) is 71.8 Å². The Bertz CT molecular complexity index is 721. The van der Waals surface area contributed by atoms with Gasteiger partial charge in [0.25, 0.3) is 11.8 Å². The highest BCUT2D eigenvalue weighted by Crippen LogP contribution is 2.17. The number of hydrogen-bond acceptors (Lipinski definition) is 4. The van der Waals surface area contributed by atoms with Gasteiger partial charge in [0, 0.05) is 30.9 Å². The van der Waals surface area contributed by atoms with Crippen molar-refractivity contribution in [3.63, 3.8) is 0 Å². The molecule has 25 heavy (non-hydrogen) atoms. The molecule has 1 aliphatic rings. The van der Waals surface area contributed by atoms with Crippen molar-refractivity contribution >= 4 is 17.5 Å². The predicted molar refractivity (Wildman–Crippen MR) is 93.7 cm³/mol. The van der Waals surface area contributed by atoms with Gasteiger partial charge in [0.05, 0.1) is 12.4 Å². The Morgan fingerprint density at radius 1 is 1.28 bits per heavy atom. The van der Waals surface area contributed by atoms with Crippen LogP contribution in [0.25, 0.3) is 0 Å². The number of benzene rings is 1. The summed E-state index contributed by atoms with van der Waals surface area (Å²) in [6.07, 6.45) is 3.60. The second-order valence-electron chi connectivity index (χ2n) is 5.99. The van der Waals surface area contributed by atoms with E-state index in [9.17, 15) is 9.59 Å². The average Bonchev–Trinajstić information content (AvgIpc) is 3.33. The number of nitrogens with zero attached hydrogens (tertiary/aromatic N) is 1. The summed E-state index contributed by atoms with van der Waals surface area (Å²) in [5.41, 5.74) is 1.09. The molecule has 0 bridgehead atoms. The normalized spacial score (nSPS) is 16.6. The molecule has 1 atom stereocenters. The van der Waals surface area contributed by atoms with Crippen LogP contribution in [0.3, 0.4) is 0 Å². The Labute approximate surface area is 146 Å². The first-order valence-corrected chi connectivity index (χ1v) is 8.53. The van der Waals surface area contributed by atoms with Crippen LogP contribution >= 0.6 is 0 Å². The van der Waals surface area contributed by atoms with E-state index in [4.69, 9.17) is 9.15 Å². The van der Waals surface area contributed by atoms with Crippen LogP contribution in [-0.4, -0.2) is 42.5 Å². The molecule has 0 radical (unpaired) electrons. The number of likely N-dealkylation sites (N-methyl/N-ethyl adjacent to an activating group) is 1. The molecule has 0 saturated carbocycles. The van der Waals surface area contributed by atoms with Crippen LogP contribution in [0, 0.1) is 0 Å². The third-order valence-corrected chi connectivity index (χ3v) is 4.23. The Morgan fingerprint density at radius 2 is 2.16 bits per heavy atom. The van der Waals surface area contributed by atoms with E-state index in [0.29, 0.717) is 24.3 Å². The summed E-state index contributed by atoms with van der Waals surface area (Å²) in [6.45, 7) is 3.93. The van der Waals surface area contributed by atoms with Gasteiger partial charge in [-0.05, 0) is 50.1 Å². The average molecular weight is 342 g/mol. The Hall–Kier alpha value is -2.60. The van der Waals surface area contributed by atoms with Gasteiger partial charge in [-0.25, -0.2) is 0 Å². The van der Waals surface area contributed by atoms with Crippen LogP contribution in [0.1, 0.15) is 40.7 Å². The predicted octanol–water partition coefficient (Wildman–Crippen LogP) is 3.17. The lowest BCUT2D eigenvalue weighted by molar-refractivity contribution is 0.0539. The van der Waals surface area contributed by atoms with Gasteiger partial charge in [-0.2, -0.15) is 0 Å². The second kappa shape index (κ2) is 7.98. The zero-order valence-corrected chi connectivity index (χ0v) is 14.2. The van der Waals surface area contributed by atoms with E-state index < -0.39 is 0 Å². The SMILES string of the molecule is CCN(C[C@@H]1CCCO1)C(=O)c1cccc(NC(=O)c2ccco2)c1. The maximum atomic E-state index is 12.8. The number of carbonyl (C=O) groups is 2. The molecule has 1 saturated heterocycles. The van der Waals surface area contributed by atoms with Crippen LogP contribution in [0.5, 0.6) is 0 Å². The highest BCUT2D eigenvalue weighted by molar-refractivity contribution is 6.03. The third kappa shape index (κ3) is 4.28. The maximum absolute atomic E-state index is 12.8. The molecule has 0 spiro atoms. The third-order valence-electron chi connectivity index (χ3n) is 4.23. The van der Waals surface area contributed by atoms with Crippen LogP contribution in [0.4, 0.5) is 5.69 Å². The molecule has 1 aromatic heterocycles. The van der Waals surface area contributed by atoms with Crippen molar-refractivity contribution in [2.45, 2.75) is 25.9 Å². The van der Waals surface area contributed by atoms with Gasteiger partial charge in [0.15, 0.2) is 5.76 Å². The van der Waals surface area contributed by atoms with E-state index >= 15 is 0 Å². The van der Waals surface area contributed by atoms with Gasteiger partial charge in [-0.3, -0.25) is 9.59 Å². The maximum Gasteiger partial charge on any atom is 0.291 e. The fourth-order valence-electron chi connectivity index (χ4n) is 2.90. The lowest BCUT2D eigenvalue weighted by Crippen LogP contribution is -2.37. The minimum atomic E-state index is -0.346. The first-order chi connectivity index (χ1) is 12.2. The van der Waals surface area contributed by atoms with Crippen LogP contribution < -0.4 is 5.32 Å². The molecule has 2 amide bonds. The lowest BCUT2D eigenvalue weighted by atomic mass is 10.1. The van der Waals surface area contributed by atoms with Crippen molar-refractivity contribution in [2.24, 2.45) is 0 Å². The number of hydrogen-bond donors (Lipinski definition) is 1. The molecule has 1 aromatic carbocycles. The monoisotopic (exact) mass is 342 g/mol. The van der Waals surface area contributed by atoms with Crippen LogP contribution in [0.15, 0.2) is 47.1 Å². The van der Waals surface area contributed by atoms with Gasteiger partial charge in [-0.15, -0.1) is 0 Å². The van der Waals surface area contributed by atoms with Crippen molar-refractivity contribution in [1.82, 2.24) is 4.90 Å². The minimum Gasteiger partial charge on any atom is -0.459 e. The van der Waals surface area contributed by atoms with Crippen molar-refractivity contribution in [3.05, 3.63) is 54.0 Å². The number of anilines is 1. The van der Waals surface area contributed by atoms with Crippen molar-refractivity contribution in [2.75, 3.05) is 25.0 Å². The molecule has 1 fully saturated rings. The van der Waals surface area contributed by atoms with Gasteiger partial charge < -0.3 is 19.4 Å². The van der Waals surface area contributed by atoms with Crippen molar-refractivity contribution in [1.29, 1.82) is 0 Å². The summed E-state index contributed by atoms with van der Waals surface area (Å²) < 4.78 is 10.7. The molecule has 6 heteroatoms. The molecular weight excluding hydrogens is 320 g/mol. The molecular formula is C19H22N2O4. The van der Waals surface area contributed by atoms with E-state index in [2.05, 4.69) is 5.32 Å². The number of furan rings is 1. The fourth-order valence-corrected chi connectivity index (χ4v) is 2.90. The Kier molecular flexibility index (Phi) is 5.50. The van der Waals surface area contributed by atoms with Crippen molar-refractivity contribution < 1.29 is 18.7 Å². The van der Waals surface area contributed by atoms with E-state index in [1.54, 1.807) is 41.3 Å². The molecule has 3 rings (SSSR count).